The van der Waals surface area contributed by atoms with Gasteiger partial charge in [0, 0.05) is 11.1 Å². The molecule has 0 heterocycles. The molecule has 0 bridgehead atoms. The molecule has 0 amide bonds. The fourth-order valence-corrected chi connectivity index (χ4v) is 3.13. The highest BCUT2D eigenvalue weighted by Gasteiger charge is 2.21. The van der Waals surface area contributed by atoms with Crippen molar-refractivity contribution in [3.8, 4) is 17.2 Å². The third-order valence-corrected chi connectivity index (χ3v) is 4.41. The van der Waals surface area contributed by atoms with Crippen LogP contribution in [0.1, 0.15) is 76.4 Å². The molecule has 0 N–H and O–H groups in total. The van der Waals surface area contributed by atoms with Crippen molar-refractivity contribution in [2.75, 3.05) is 6.61 Å². The fraction of sp³-hybridized carbons (Fsp3) is 0.414. The van der Waals surface area contributed by atoms with Crippen molar-refractivity contribution in [3.63, 3.8) is 0 Å². The van der Waals surface area contributed by atoms with Crippen LogP contribution in [0.4, 0.5) is 0 Å². The number of ketones is 1. The first-order valence-corrected chi connectivity index (χ1v) is 11.5. The molecule has 0 saturated heterocycles. The van der Waals surface area contributed by atoms with Crippen LogP contribution in [0.25, 0.3) is 6.08 Å². The zero-order valence-corrected chi connectivity index (χ0v) is 21.2. The maximum absolute atomic E-state index is 12.7. The molecule has 0 atom stereocenters. The fourth-order valence-electron chi connectivity index (χ4n) is 3.13. The first-order chi connectivity index (χ1) is 15.4. The minimum absolute atomic E-state index is 0.0798. The molecule has 0 aliphatic carbocycles. The Kier molecular flexibility index (Phi) is 8.92. The van der Waals surface area contributed by atoms with E-state index in [2.05, 4.69) is 13.5 Å². The van der Waals surface area contributed by atoms with E-state index in [0.717, 1.165) is 34.8 Å². The summed E-state index contributed by atoms with van der Waals surface area (Å²) in [5.41, 5.74) is 1.62. The van der Waals surface area contributed by atoms with Gasteiger partial charge in [-0.3, -0.25) is 4.79 Å². The quantitative estimate of drug-likeness (QED) is 0.214. The molecular formula is C29H38O4. The Bertz CT molecular complexity index is 933. The van der Waals surface area contributed by atoms with Gasteiger partial charge in [0.05, 0.1) is 6.61 Å². The van der Waals surface area contributed by atoms with Crippen LogP contribution in [0.2, 0.25) is 0 Å². The van der Waals surface area contributed by atoms with Gasteiger partial charge in [0.1, 0.15) is 28.5 Å². The van der Waals surface area contributed by atoms with Crippen LogP contribution in [0.3, 0.4) is 0 Å². The molecule has 0 fully saturated rings. The zero-order chi connectivity index (χ0) is 24.6. The lowest BCUT2D eigenvalue weighted by atomic mass is 10.0. The van der Waals surface area contributed by atoms with Gasteiger partial charge < -0.3 is 14.2 Å². The van der Waals surface area contributed by atoms with Crippen molar-refractivity contribution in [1.29, 1.82) is 0 Å². The van der Waals surface area contributed by atoms with E-state index in [9.17, 15) is 4.79 Å². The summed E-state index contributed by atoms with van der Waals surface area (Å²) < 4.78 is 18.1. The van der Waals surface area contributed by atoms with Crippen molar-refractivity contribution in [1.82, 2.24) is 0 Å². The Morgan fingerprint density at radius 2 is 1.48 bits per heavy atom. The normalized spacial score (nSPS) is 12.0. The summed E-state index contributed by atoms with van der Waals surface area (Å²) in [7, 11) is 0. The van der Waals surface area contributed by atoms with Crippen LogP contribution in [0, 0.1) is 0 Å². The average molecular weight is 451 g/mol. The lowest BCUT2D eigenvalue weighted by Crippen LogP contribution is -2.26. The van der Waals surface area contributed by atoms with Crippen molar-refractivity contribution >= 4 is 11.9 Å². The van der Waals surface area contributed by atoms with E-state index in [4.69, 9.17) is 14.2 Å². The molecule has 2 aromatic carbocycles. The third kappa shape index (κ3) is 8.80. The summed E-state index contributed by atoms with van der Waals surface area (Å²) in [5.74, 6) is 2.15. The van der Waals surface area contributed by atoms with Gasteiger partial charge in [0.2, 0.25) is 0 Å². The number of hydrogen-bond donors (Lipinski definition) is 0. The largest absolute Gasteiger partial charge is 0.494 e. The summed E-state index contributed by atoms with van der Waals surface area (Å²) in [5, 5.41) is 0. The Hall–Kier alpha value is -3.01. The van der Waals surface area contributed by atoms with Gasteiger partial charge in [0.15, 0.2) is 5.78 Å². The summed E-state index contributed by atoms with van der Waals surface area (Å²) in [4.78, 5) is 12.7. The first-order valence-electron chi connectivity index (χ1n) is 11.5. The van der Waals surface area contributed by atoms with Gasteiger partial charge in [-0.2, -0.15) is 0 Å². The van der Waals surface area contributed by atoms with Crippen molar-refractivity contribution in [3.05, 3.63) is 71.8 Å². The van der Waals surface area contributed by atoms with Crippen LogP contribution in [-0.2, 0) is 6.42 Å². The van der Waals surface area contributed by atoms with Crippen LogP contribution in [0.5, 0.6) is 17.2 Å². The second-order valence-electron chi connectivity index (χ2n) is 9.99. The predicted octanol–water partition coefficient (Wildman–Crippen LogP) is 7.45. The van der Waals surface area contributed by atoms with Crippen LogP contribution in [0.15, 0.2) is 55.1 Å². The lowest BCUT2D eigenvalue weighted by molar-refractivity contribution is 0.104. The Labute approximate surface area is 199 Å². The average Bonchev–Trinajstić information content (AvgIpc) is 2.71. The van der Waals surface area contributed by atoms with E-state index in [1.807, 2.05) is 71.9 Å². The molecule has 4 heteroatoms. The minimum Gasteiger partial charge on any atom is -0.494 e. The van der Waals surface area contributed by atoms with E-state index in [-0.39, 0.29) is 17.0 Å². The van der Waals surface area contributed by atoms with Crippen LogP contribution >= 0.6 is 0 Å². The van der Waals surface area contributed by atoms with Gasteiger partial charge in [-0.25, -0.2) is 0 Å². The number of carbonyl (C=O) groups is 1. The highest BCUT2D eigenvalue weighted by atomic mass is 16.5. The van der Waals surface area contributed by atoms with Gasteiger partial charge in [-0.05, 0) is 102 Å². The van der Waals surface area contributed by atoms with E-state index < -0.39 is 0 Å². The molecule has 0 aliphatic heterocycles. The minimum atomic E-state index is -0.380. The summed E-state index contributed by atoms with van der Waals surface area (Å²) >= 11 is 0. The summed E-state index contributed by atoms with van der Waals surface area (Å²) in [6.45, 7) is 18.7. The highest BCUT2D eigenvalue weighted by Crippen LogP contribution is 2.36. The Morgan fingerprint density at radius 1 is 0.939 bits per heavy atom. The summed E-state index contributed by atoms with van der Waals surface area (Å²) in [6.07, 6.45) is 6.77. The second kappa shape index (κ2) is 11.2. The highest BCUT2D eigenvalue weighted by molar-refractivity contribution is 6.06. The number of allylic oxidation sites excluding steroid dienone is 2. The Morgan fingerprint density at radius 3 is 1.94 bits per heavy atom. The second-order valence-corrected chi connectivity index (χ2v) is 9.99. The molecule has 2 rings (SSSR count). The molecule has 0 radical (unpaired) electrons. The maximum Gasteiger partial charge on any atom is 0.185 e. The zero-order valence-electron chi connectivity index (χ0n) is 21.2. The predicted molar refractivity (Wildman–Crippen MR) is 137 cm³/mol. The van der Waals surface area contributed by atoms with Gasteiger partial charge >= 0.3 is 0 Å². The maximum atomic E-state index is 12.7. The lowest BCUT2D eigenvalue weighted by Gasteiger charge is -2.28. The molecular weight excluding hydrogens is 412 g/mol. The first kappa shape index (κ1) is 26.2. The van der Waals surface area contributed by atoms with E-state index >= 15 is 0 Å². The van der Waals surface area contributed by atoms with Gasteiger partial charge in [-0.1, -0.05) is 19.1 Å². The van der Waals surface area contributed by atoms with Crippen LogP contribution < -0.4 is 14.2 Å². The van der Waals surface area contributed by atoms with Crippen LogP contribution in [-0.4, -0.2) is 23.6 Å². The molecule has 0 spiro atoms. The molecule has 0 saturated carbocycles. The number of rotatable bonds is 10. The third-order valence-electron chi connectivity index (χ3n) is 4.41. The monoisotopic (exact) mass is 450 g/mol. The molecule has 0 aromatic heterocycles. The molecule has 0 unspecified atom stereocenters. The molecule has 4 nitrogen and oxygen atoms in total. The molecule has 2 aromatic rings. The van der Waals surface area contributed by atoms with Crippen molar-refractivity contribution < 1.29 is 19.0 Å². The summed E-state index contributed by atoms with van der Waals surface area (Å²) in [6, 6.07) is 11.1. The van der Waals surface area contributed by atoms with Gasteiger partial charge in [-0.15, -0.1) is 6.58 Å². The number of benzene rings is 2. The standard InChI is InChI=1S/C29H38O4/c1-9-11-24-26(32-28(3,4)5)19-21(20-27(24)33-29(6,7)8)12-17-25(30)22-13-15-23(16-14-22)31-18-10-2/h9,12-17,19-20H,1,10-11,18H2,2-8H3. The molecule has 0 aliphatic rings. The van der Waals surface area contributed by atoms with Crippen molar-refractivity contribution in [2.24, 2.45) is 0 Å². The van der Waals surface area contributed by atoms with E-state index in [1.165, 1.54) is 0 Å². The molecule has 33 heavy (non-hydrogen) atoms. The topological polar surface area (TPSA) is 44.8 Å². The van der Waals surface area contributed by atoms with Crippen molar-refractivity contribution in [2.45, 2.75) is 72.5 Å². The van der Waals surface area contributed by atoms with Gasteiger partial charge in [0.25, 0.3) is 0 Å². The molecule has 178 valence electrons. The number of carbonyl (C=O) groups excluding carboxylic acids is 1. The smallest absolute Gasteiger partial charge is 0.185 e. The number of hydrogen-bond acceptors (Lipinski definition) is 4. The number of ether oxygens (including phenoxy) is 3. The van der Waals surface area contributed by atoms with E-state index in [1.54, 1.807) is 24.3 Å². The Balaban J connectivity index is 2.38. The SMILES string of the molecule is C=CCc1c(OC(C)(C)C)cc(C=CC(=O)c2ccc(OCCC)cc2)cc1OC(C)(C)C. The van der Waals surface area contributed by atoms with E-state index in [0.29, 0.717) is 18.6 Å².